The van der Waals surface area contributed by atoms with E-state index in [9.17, 15) is 14.7 Å². The van der Waals surface area contributed by atoms with Crippen LogP contribution in [0.1, 0.15) is 18.4 Å². The Morgan fingerprint density at radius 2 is 1.92 bits per heavy atom. The first-order valence-electron chi connectivity index (χ1n) is 8.63. The maximum Gasteiger partial charge on any atom is 0.320 e. The molecule has 1 aliphatic rings. The summed E-state index contributed by atoms with van der Waals surface area (Å²) in [6, 6.07) is 14.3. The summed E-state index contributed by atoms with van der Waals surface area (Å²) >= 11 is 0. The predicted molar refractivity (Wildman–Crippen MR) is 98.6 cm³/mol. The van der Waals surface area contributed by atoms with E-state index in [1.807, 2.05) is 43.3 Å². The van der Waals surface area contributed by atoms with E-state index in [2.05, 4.69) is 5.32 Å². The van der Waals surface area contributed by atoms with Crippen molar-refractivity contribution in [2.24, 2.45) is 0 Å². The molecule has 2 aromatic rings. The van der Waals surface area contributed by atoms with Gasteiger partial charge in [0.05, 0.1) is 12.2 Å². The zero-order chi connectivity index (χ0) is 18.5. The van der Waals surface area contributed by atoms with E-state index in [1.165, 1.54) is 0 Å². The molecule has 1 amide bonds. The van der Waals surface area contributed by atoms with E-state index in [-0.39, 0.29) is 12.5 Å². The number of anilines is 1. The van der Waals surface area contributed by atoms with Crippen LogP contribution in [-0.2, 0) is 9.59 Å². The quantitative estimate of drug-likeness (QED) is 0.832. The van der Waals surface area contributed by atoms with Crippen LogP contribution in [0.2, 0.25) is 0 Å². The van der Waals surface area contributed by atoms with Gasteiger partial charge in [0, 0.05) is 0 Å². The summed E-state index contributed by atoms with van der Waals surface area (Å²) in [6.07, 6.45) is 1.37. The number of nitrogens with zero attached hydrogens (tertiary/aromatic N) is 1. The number of carboxylic acid groups (broad SMARTS) is 1. The van der Waals surface area contributed by atoms with Crippen LogP contribution in [-0.4, -0.2) is 41.0 Å². The molecule has 1 saturated heterocycles. The number of likely N-dealkylation sites (tertiary alicyclic amines) is 1. The molecule has 1 heterocycles. The van der Waals surface area contributed by atoms with Crippen LogP contribution in [0.5, 0.6) is 11.5 Å². The molecular weight excluding hydrogens is 332 g/mol. The number of amides is 1. The van der Waals surface area contributed by atoms with Crippen LogP contribution >= 0.6 is 0 Å². The van der Waals surface area contributed by atoms with E-state index >= 15 is 0 Å². The Labute approximate surface area is 152 Å². The van der Waals surface area contributed by atoms with Crippen molar-refractivity contribution in [2.75, 3.05) is 18.4 Å². The van der Waals surface area contributed by atoms with Gasteiger partial charge in [-0.1, -0.05) is 29.8 Å². The zero-order valence-electron chi connectivity index (χ0n) is 14.6. The van der Waals surface area contributed by atoms with Crippen LogP contribution in [0.15, 0.2) is 48.5 Å². The van der Waals surface area contributed by atoms with Gasteiger partial charge in [-0.2, -0.15) is 0 Å². The van der Waals surface area contributed by atoms with Gasteiger partial charge in [-0.3, -0.25) is 14.5 Å². The SMILES string of the molecule is Cc1ccc(Oc2ccccc2NC(=O)CN2CCCC2C(=O)O)cc1. The third-order valence-electron chi connectivity index (χ3n) is 4.41. The summed E-state index contributed by atoms with van der Waals surface area (Å²) in [5.74, 6) is 0.0974. The maximum absolute atomic E-state index is 12.4. The van der Waals surface area contributed by atoms with E-state index in [0.29, 0.717) is 30.2 Å². The highest BCUT2D eigenvalue weighted by Gasteiger charge is 2.31. The first-order valence-corrected chi connectivity index (χ1v) is 8.63. The van der Waals surface area contributed by atoms with Crippen molar-refractivity contribution in [3.63, 3.8) is 0 Å². The molecule has 0 saturated carbocycles. The van der Waals surface area contributed by atoms with Crippen molar-refractivity contribution in [1.29, 1.82) is 0 Å². The number of benzene rings is 2. The fourth-order valence-corrected chi connectivity index (χ4v) is 3.06. The molecule has 6 heteroatoms. The average Bonchev–Trinajstić information content (AvgIpc) is 3.07. The normalized spacial score (nSPS) is 17.0. The molecule has 0 spiro atoms. The van der Waals surface area contributed by atoms with Gasteiger partial charge >= 0.3 is 5.97 Å². The van der Waals surface area contributed by atoms with Gasteiger partial charge in [-0.25, -0.2) is 0 Å². The molecular formula is C20H22N2O4. The molecule has 2 aromatic carbocycles. The van der Waals surface area contributed by atoms with Gasteiger partial charge in [0.25, 0.3) is 0 Å². The number of carbonyl (C=O) groups excluding carboxylic acids is 1. The third-order valence-corrected chi connectivity index (χ3v) is 4.41. The van der Waals surface area contributed by atoms with Crippen LogP contribution < -0.4 is 10.1 Å². The molecule has 3 rings (SSSR count). The summed E-state index contributed by atoms with van der Waals surface area (Å²) in [7, 11) is 0. The van der Waals surface area contributed by atoms with E-state index < -0.39 is 12.0 Å². The minimum absolute atomic E-state index is 0.0514. The number of aliphatic carboxylic acids is 1. The predicted octanol–water partition coefficient (Wildman–Crippen LogP) is 3.27. The zero-order valence-corrected chi connectivity index (χ0v) is 14.6. The molecule has 2 N–H and O–H groups in total. The Kier molecular flexibility index (Phi) is 5.53. The van der Waals surface area contributed by atoms with E-state index in [0.717, 1.165) is 12.0 Å². The number of hydrogen-bond acceptors (Lipinski definition) is 4. The molecule has 0 radical (unpaired) electrons. The number of hydrogen-bond donors (Lipinski definition) is 2. The highest BCUT2D eigenvalue weighted by Crippen LogP contribution is 2.29. The number of nitrogens with one attached hydrogen (secondary N) is 1. The van der Waals surface area contributed by atoms with Gasteiger partial charge in [-0.15, -0.1) is 0 Å². The monoisotopic (exact) mass is 354 g/mol. The highest BCUT2D eigenvalue weighted by molar-refractivity contribution is 5.94. The third kappa shape index (κ3) is 4.40. The average molecular weight is 354 g/mol. The molecule has 6 nitrogen and oxygen atoms in total. The Morgan fingerprint density at radius 1 is 1.19 bits per heavy atom. The Hall–Kier alpha value is -2.86. The second-order valence-corrected chi connectivity index (χ2v) is 6.43. The van der Waals surface area contributed by atoms with Crippen molar-refractivity contribution < 1.29 is 19.4 Å². The largest absolute Gasteiger partial charge is 0.480 e. The molecule has 0 bridgehead atoms. The molecule has 26 heavy (non-hydrogen) atoms. The topological polar surface area (TPSA) is 78.9 Å². The summed E-state index contributed by atoms with van der Waals surface area (Å²) in [5.41, 5.74) is 1.70. The first kappa shape index (κ1) is 17.9. The second kappa shape index (κ2) is 8.01. The fourth-order valence-electron chi connectivity index (χ4n) is 3.06. The second-order valence-electron chi connectivity index (χ2n) is 6.43. The molecule has 1 fully saturated rings. The van der Waals surface area contributed by atoms with E-state index in [1.54, 1.807) is 17.0 Å². The lowest BCUT2D eigenvalue weighted by atomic mass is 10.2. The van der Waals surface area contributed by atoms with Crippen molar-refractivity contribution in [3.05, 3.63) is 54.1 Å². The summed E-state index contributed by atoms with van der Waals surface area (Å²) < 4.78 is 5.87. The lowest BCUT2D eigenvalue weighted by molar-refractivity contribution is -0.142. The minimum atomic E-state index is -0.876. The number of carbonyl (C=O) groups is 2. The van der Waals surface area contributed by atoms with Gasteiger partial charge in [-0.05, 0) is 50.6 Å². The Balaban J connectivity index is 1.67. The number of carboxylic acids is 1. The minimum Gasteiger partial charge on any atom is -0.480 e. The number of para-hydroxylation sites is 2. The molecule has 0 aliphatic carbocycles. The summed E-state index contributed by atoms with van der Waals surface area (Å²) in [5, 5.41) is 12.1. The number of rotatable bonds is 6. The first-order chi connectivity index (χ1) is 12.5. The highest BCUT2D eigenvalue weighted by atomic mass is 16.5. The van der Waals surface area contributed by atoms with Gasteiger partial charge in [0.15, 0.2) is 5.75 Å². The Morgan fingerprint density at radius 3 is 2.65 bits per heavy atom. The van der Waals surface area contributed by atoms with E-state index in [4.69, 9.17) is 4.74 Å². The van der Waals surface area contributed by atoms with Crippen molar-refractivity contribution in [2.45, 2.75) is 25.8 Å². The standard InChI is InChI=1S/C20H22N2O4/c1-14-8-10-15(11-9-14)26-18-7-3-2-5-16(18)21-19(23)13-22-12-4-6-17(22)20(24)25/h2-3,5,7-11,17H,4,6,12-13H2,1H3,(H,21,23)(H,24,25). The molecule has 0 aromatic heterocycles. The lowest BCUT2D eigenvalue weighted by Crippen LogP contribution is -2.40. The molecule has 1 unspecified atom stereocenters. The smallest absolute Gasteiger partial charge is 0.320 e. The van der Waals surface area contributed by atoms with Crippen LogP contribution in [0.4, 0.5) is 5.69 Å². The van der Waals surface area contributed by atoms with Gasteiger partial charge < -0.3 is 15.2 Å². The van der Waals surface area contributed by atoms with Gasteiger partial charge in [0.1, 0.15) is 11.8 Å². The summed E-state index contributed by atoms with van der Waals surface area (Å²) in [6.45, 7) is 2.67. The van der Waals surface area contributed by atoms with Gasteiger partial charge in [0.2, 0.25) is 5.91 Å². The van der Waals surface area contributed by atoms with Crippen molar-refractivity contribution in [1.82, 2.24) is 4.90 Å². The molecule has 1 aliphatic heterocycles. The van der Waals surface area contributed by atoms with Crippen molar-refractivity contribution >= 4 is 17.6 Å². The Bertz CT molecular complexity index is 789. The fraction of sp³-hybridized carbons (Fsp3) is 0.300. The van der Waals surface area contributed by atoms with Crippen LogP contribution in [0.25, 0.3) is 0 Å². The molecule has 136 valence electrons. The van der Waals surface area contributed by atoms with Crippen molar-refractivity contribution in [3.8, 4) is 11.5 Å². The molecule has 1 atom stereocenters. The van der Waals surface area contributed by atoms with Crippen LogP contribution in [0, 0.1) is 6.92 Å². The maximum atomic E-state index is 12.4. The van der Waals surface area contributed by atoms with Crippen LogP contribution in [0.3, 0.4) is 0 Å². The number of ether oxygens (including phenoxy) is 1. The summed E-state index contributed by atoms with van der Waals surface area (Å²) in [4.78, 5) is 25.3. The lowest BCUT2D eigenvalue weighted by Gasteiger charge is -2.20. The number of aryl methyl sites for hydroxylation is 1.